The molecule has 2 N–H and O–H groups in total. The highest BCUT2D eigenvalue weighted by Gasteiger charge is 2.38. The number of aromatic nitrogens is 1. The average Bonchev–Trinajstić information content (AvgIpc) is 3.12. The molecule has 28 heavy (non-hydrogen) atoms. The number of nitrogens with one attached hydrogen (secondary N) is 2. The number of para-hydroxylation sites is 1. The Kier molecular flexibility index (Phi) is 5.56. The Morgan fingerprint density at radius 3 is 2.43 bits per heavy atom. The van der Waals surface area contributed by atoms with Crippen molar-refractivity contribution in [2.45, 2.75) is 56.7 Å². The summed E-state index contributed by atoms with van der Waals surface area (Å²) in [5.41, 5.74) is 4.30. The van der Waals surface area contributed by atoms with E-state index in [1.165, 1.54) is 47.7 Å². The third kappa shape index (κ3) is 3.74. The summed E-state index contributed by atoms with van der Waals surface area (Å²) in [7, 11) is 4.47. The maximum atomic E-state index is 3.92. The van der Waals surface area contributed by atoms with Gasteiger partial charge in [0.1, 0.15) is 0 Å². The van der Waals surface area contributed by atoms with Gasteiger partial charge < -0.3 is 10.3 Å². The monoisotopic (exact) mass is 375 g/mol. The van der Waals surface area contributed by atoms with Crippen LogP contribution in [-0.4, -0.2) is 36.1 Å². The summed E-state index contributed by atoms with van der Waals surface area (Å²) in [4.78, 5) is 5.84. The van der Waals surface area contributed by atoms with Gasteiger partial charge >= 0.3 is 0 Å². The van der Waals surface area contributed by atoms with E-state index in [0.717, 1.165) is 6.42 Å². The highest BCUT2D eigenvalue weighted by molar-refractivity contribution is 5.83. The van der Waals surface area contributed by atoms with Crippen molar-refractivity contribution in [2.75, 3.05) is 14.1 Å². The molecule has 148 valence electrons. The highest BCUT2D eigenvalue weighted by atomic mass is 15.1. The predicted molar refractivity (Wildman–Crippen MR) is 119 cm³/mol. The summed E-state index contributed by atoms with van der Waals surface area (Å²) in [6.07, 6.45) is 8.12. The Hall–Kier alpha value is -2.10. The summed E-state index contributed by atoms with van der Waals surface area (Å²) in [5, 5.41) is 5.27. The number of hydrogen-bond donors (Lipinski definition) is 2. The molecule has 1 heterocycles. The highest BCUT2D eigenvalue weighted by Crippen LogP contribution is 2.41. The van der Waals surface area contributed by atoms with Crippen LogP contribution in [-0.2, 0) is 12.0 Å². The molecule has 3 heteroatoms. The largest absolute Gasteiger partial charge is 0.361 e. The van der Waals surface area contributed by atoms with E-state index in [4.69, 9.17) is 0 Å². The second-order valence-corrected chi connectivity index (χ2v) is 8.70. The number of fused-ring (bicyclic) bond motifs is 1. The van der Waals surface area contributed by atoms with E-state index in [1.807, 2.05) is 0 Å². The summed E-state index contributed by atoms with van der Waals surface area (Å²) in [6.45, 7) is 2.33. The van der Waals surface area contributed by atoms with Crippen LogP contribution in [0.3, 0.4) is 0 Å². The van der Waals surface area contributed by atoms with E-state index in [1.54, 1.807) is 0 Å². The van der Waals surface area contributed by atoms with Gasteiger partial charge in [-0.05, 0) is 70.3 Å². The van der Waals surface area contributed by atoms with Crippen LogP contribution < -0.4 is 5.32 Å². The van der Waals surface area contributed by atoms with Crippen LogP contribution in [0.25, 0.3) is 10.9 Å². The quantitative estimate of drug-likeness (QED) is 0.629. The molecule has 1 aliphatic carbocycles. The van der Waals surface area contributed by atoms with E-state index >= 15 is 0 Å². The average molecular weight is 376 g/mol. The van der Waals surface area contributed by atoms with Crippen molar-refractivity contribution in [3.05, 3.63) is 71.9 Å². The second kappa shape index (κ2) is 8.10. The molecule has 0 bridgehead atoms. The number of H-pyrrole nitrogens is 1. The van der Waals surface area contributed by atoms with Gasteiger partial charge in [0.05, 0.1) is 0 Å². The molecule has 1 fully saturated rings. The third-order valence-electron chi connectivity index (χ3n) is 6.70. The van der Waals surface area contributed by atoms with Crippen molar-refractivity contribution in [1.82, 2.24) is 15.2 Å². The molecule has 1 saturated carbocycles. The number of nitrogens with zero attached hydrogens (tertiary/aromatic N) is 1. The molecule has 1 aromatic heterocycles. The van der Waals surface area contributed by atoms with Crippen molar-refractivity contribution in [2.24, 2.45) is 0 Å². The molecule has 0 radical (unpaired) electrons. The van der Waals surface area contributed by atoms with Gasteiger partial charge in [-0.15, -0.1) is 0 Å². The zero-order valence-electron chi connectivity index (χ0n) is 17.4. The van der Waals surface area contributed by atoms with Crippen molar-refractivity contribution < 1.29 is 0 Å². The van der Waals surface area contributed by atoms with Crippen molar-refractivity contribution in [3.8, 4) is 0 Å². The number of benzene rings is 2. The van der Waals surface area contributed by atoms with E-state index < -0.39 is 0 Å². The van der Waals surface area contributed by atoms with Gasteiger partial charge in [0.25, 0.3) is 0 Å². The lowest BCUT2D eigenvalue weighted by Gasteiger charge is -2.46. The molecule has 0 unspecified atom stereocenters. The summed E-state index contributed by atoms with van der Waals surface area (Å²) >= 11 is 0. The molecule has 1 aliphatic rings. The lowest BCUT2D eigenvalue weighted by molar-refractivity contribution is 0.0837. The zero-order chi connectivity index (χ0) is 19.6. The first-order valence-electron chi connectivity index (χ1n) is 10.6. The second-order valence-electron chi connectivity index (χ2n) is 8.70. The van der Waals surface area contributed by atoms with Gasteiger partial charge in [-0.3, -0.25) is 4.90 Å². The van der Waals surface area contributed by atoms with Crippen molar-refractivity contribution in [3.63, 3.8) is 0 Å². The van der Waals surface area contributed by atoms with Gasteiger partial charge in [-0.2, -0.15) is 0 Å². The van der Waals surface area contributed by atoms with Crippen LogP contribution in [0.15, 0.2) is 60.8 Å². The first-order valence-corrected chi connectivity index (χ1v) is 10.6. The summed E-state index contributed by atoms with van der Waals surface area (Å²) in [5.74, 6) is 0. The van der Waals surface area contributed by atoms with Gasteiger partial charge in [-0.1, -0.05) is 48.5 Å². The van der Waals surface area contributed by atoms with Gasteiger partial charge in [0, 0.05) is 34.7 Å². The fourth-order valence-corrected chi connectivity index (χ4v) is 5.10. The molecule has 3 nitrogen and oxygen atoms in total. The van der Waals surface area contributed by atoms with E-state index in [9.17, 15) is 0 Å². The normalized spacial score (nSPS) is 23.9. The fourth-order valence-electron chi connectivity index (χ4n) is 5.10. The van der Waals surface area contributed by atoms with Crippen molar-refractivity contribution >= 4 is 10.9 Å². The molecular weight excluding hydrogens is 342 g/mol. The Morgan fingerprint density at radius 2 is 1.71 bits per heavy atom. The molecular formula is C25H33N3. The maximum Gasteiger partial charge on any atom is 0.0456 e. The Labute approximate surface area is 169 Å². The molecule has 2 aromatic carbocycles. The number of rotatable bonds is 6. The SMILES string of the molecule is C[C@@H](Cc1c[nH]c2ccccc12)NC1CCC(c2ccccc2)(N(C)C)CC1. The maximum absolute atomic E-state index is 3.92. The van der Waals surface area contributed by atoms with Gasteiger partial charge in [0.2, 0.25) is 0 Å². The summed E-state index contributed by atoms with van der Waals surface area (Å²) < 4.78 is 0. The van der Waals surface area contributed by atoms with Crippen LogP contribution in [0.1, 0.15) is 43.7 Å². The van der Waals surface area contributed by atoms with E-state index in [-0.39, 0.29) is 5.54 Å². The smallest absolute Gasteiger partial charge is 0.0456 e. The first-order chi connectivity index (χ1) is 13.6. The van der Waals surface area contributed by atoms with Crippen LogP contribution in [0.5, 0.6) is 0 Å². The molecule has 3 aromatic rings. The Bertz CT molecular complexity index is 888. The lowest BCUT2D eigenvalue weighted by atomic mass is 9.74. The Balaban J connectivity index is 1.38. The molecule has 0 amide bonds. The van der Waals surface area contributed by atoms with Gasteiger partial charge in [-0.25, -0.2) is 0 Å². The topological polar surface area (TPSA) is 31.1 Å². The van der Waals surface area contributed by atoms with E-state index in [2.05, 4.69) is 97.0 Å². The molecule has 1 atom stereocenters. The minimum absolute atomic E-state index is 0.180. The minimum Gasteiger partial charge on any atom is -0.361 e. The fraction of sp³-hybridized carbons (Fsp3) is 0.440. The van der Waals surface area contributed by atoms with E-state index in [0.29, 0.717) is 12.1 Å². The Morgan fingerprint density at radius 1 is 1.04 bits per heavy atom. The number of aromatic amines is 1. The van der Waals surface area contributed by atoms with Crippen LogP contribution >= 0.6 is 0 Å². The molecule has 0 saturated heterocycles. The van der Waals surface area contributed by atoms with Crippen LogP contribution in [0.4, 0.5) is 0 Å². The lowest BCUT2D eigenvalue weighted by Crippen LogP contribution is -2.49. The standard InChI is InChI=1S/C25H33N3/c1-19(17-20-18-26-24-12-8-7-11-23(20)24)27-22-13-15-25(16-14-22,28(2)3)21-9-5-4-6-10-21/h4-12,18-19,22,26-27H,13-17H2,1-3H3/t19-,22?,25?/m0/s1. The van der Waals surface area contributed by atoms with Gasteiger partial charge in [0.15, 0.2) is 0 Å². The minimum atomic E-state index is 0.180. The van der Waals surface area contributed by atoms with Crippen LogP contribution in [0.2, 0.25) is 0 Å². The molecule has 0 spiro atoms. The van der Waals surface area contributed by atoms with Crippen LogP contribution in [0, 0.1) is 0 Å². The third-order valence-corrected chi connectivity index (χ3v) is 6.70. The predicted octanol–water partition coefficient (Wildman–Crippen LogP) is 5.09. The molecule has 4 rings (SSSR count). The van der Waals surface area contributed by atoms with Crippen molar-refractivity contribution in [1.29, 1.82) is 0 Å². The molecule has 0 aliphatic heterocycles. The zero-order valence-corrected chi connectivity index (χ0v) is 17.4. The first kappa shape index (κ1) is 19.2. The number of hydrogen-bond acceptors (Lipinski definition) is 2. The summed E-state index contributed by atoms with van der Waals surface area (Å²) in [6, 6.07) is 20.8.